The monoisotopic (exact) mass is 325 g/mol. The lowest BCUT2D eigenvalue weighted by Gasteiger charge is -2.31. The average molecular weight is 325 g/mol. The molecule has 4 heteroatoms. The number of amides is 1. The van der Waals surface area contributed by atoms with Crippen molar-refractivity contribution in [1.82, 2.24) is 14.9 Å². The Morgan fingerprint density at radius 2 is 1.67 bits per heavy atom. The largest absolute Gasteiger partial charge is 0.339 e. The van der Waals surface area contributed by atoms with Crippen LogP contribution < -0.4 is 0 Å². The first kappa shape index (κ1) is 16.9. The third kappa shape index (κ3) is 3.28. The van der Waals surface area contributed by atoms with Gasteiger partial charge in [0.25, 0.3) is 5.91 Å². The minimum absolute atomic E-state index is 0.100. The van der Waals surface area contributed by atoms with Crippen LogP contribution in [0, 0.1) is 0 Å². The van der Waals surface area contributed by atoms with E-state index in [2.05, 4.69) is 13.8 Å². The quantitative estimate of drug-likeness (QED) is 0.848. The highest BCUT2D eigenvalue weighted by Gasteiger charge is 2.23. The van der Waals surface area contributed by atoms with Gasteiger partial charge in [0.1, 0.15) is 0 Å². The van der Waals surface area contributed by atoms with E-state index >= 15 is 0 Å². The van der Waals surface area contributed by atoms with E-state index < -0.39 is 0 Å². The Morgan fingerprint density at radius 1 is 1.04 bits per heavy atom. The lowest BCUT2D eigenvalue weighted by atomic mass is 9.94. The molecule has 0 spiro atoms. The van der Waals surface area contributed by atoms with Crippen LogP contribution in [0.25, 0.3) is 11.0 Å². The summed E-state index contributed by atoms with van der Waals surface area (Å²) in [6.45, 7) is 4.20. The predicted octanol–water partition coefficient (Wildman–Crippen LogP) is 4.16. The van der Waals surface area contributed by atoms with Gasteiger partial charge in [-0.1, -0.05) is 33.1 Å². The maximum atomic E-state index is 12.8. The Kier molecular flexibility index (Phi) is 5.12. The SMILES string of the molecule is CCc1nc2ccc(C(=O)N(C)C3CCCCC3)cc2nc1CC. The summed E-state index contributed by atoms with van der Waals surface area (Å²) < 4.78 is 0. The molecule has 0 aliphatic heterocycles. The van der Waals surface area contributed by atoms with Gasteiger partial charge >= 0.3 is 0 Å². The zero-order valence-electron chi connectivity index (χ0n) is 15.0. The molecule has 1 aliphatic carbocycles. The molecule has 2 aromatic rings. The molecule has 1 aromatic carbocycles. The Balaban J connectivity index is 1.90. The Hall–Kier alpha value is -1.97. The minimum Gasteiger partial charge on any atom is -0.339 e. The van der Waals surface area contributed by atoms with Gasteiger partial charge in [0.2, 0.25) is 0 Å². The van der Waals surface area contributed by atoms with E-state index in [1.165, 1.54) is 19.3 Å². The number of rotatable bonds is 4. The van der Waals surface area contributed by atoms with Crippen molar-refractivity contribution in [2.75, 3.05) is 7.05 Å². The molecular formula is C20H27N3O. The number of hydrogen-bond acceptors (Lipinski definition) is 3. The standard InChI is InChI=1S/C20H27N3O/c1-4-16-17(5-2)22-19-13-14(11-12-18(19)21-16)20(24)23(3)15-9-7-6-8-10-15/h11-13,15H,4-10H2,1-3H3. The minimum atomic E-state index is 0.100. The lowest BCUT2D eigenvalue weighted by molar-refractivity contribution is 0.0696. The topological polar surface area (TPSA) is 46.1 Å². The first-order valence-electron chi connectivity index (χ1n) is 9.20. The normalized spacial score (nSPS) is 15.6. The lowest BCUT2D eigenvalue weighted by Crippen LogP contribution is -2.38. The van der Waals surface area contributed by atoms with Crippen LogP contribution in [0.2, 0.25) is 0 Å². The van der Waals surface area contributed by atoms with Crippen molar-refractivity contribution in [2.24, 2.45) is 0 Å². The Bertz CT molecular complexity index is 735. The fraction of sp³-hybridized carbons (Fsp3) is 0.550. The van der Waals surface area contributed by atoms with Crippen molar-refractivity contribution >= 4 is 16.9 Å². The van der Waals surface area contributed by atoms with Crippen molar-refractivity contribution < 1.29 is 4.79 Å². The van der Waals surface area contributed by atoms with Gasteiger partial charge < -0.3 is 4.90 Å². The van der Waals surface area contributed by atoms with Gasteiger partial charge in [-0.3, -0.25) is 4.79 Å². The summed E-state index contributed by atoms with van der Waals surface area (Å²) >= 11 is 0. The summed E-state index contributed by atoms with van der Waals surface area (Å²) in [5, 5.41) is 0. The maximum Gasteiger partial charge on any atom is 0.253 e. The highest BCUT2D eigenvalue weighted by atomic mass is 16.2. The van der Waals surface area contributed by atoms with Crippen LogP contribution in [0.4, 0.5) is 0 Å². The molecule has 4 nitrogen and oxygen atoms in total. The summed E-state index contributed by atoms with van der Waals surface area (Å²) in [6, 6.07) is 6.11. The number of benzene rings is 1. The van der Waals surface area contributed by atoms with Gasteiger partial charge in [-0.2, -0.15) is 0 Å². The number of nitrogens with zero attached hydrogens (tertiary/aromatic N) is 3. The number of fused-ring (bicyclic) bond motifs is 1. The summed E-state index contributed by atoms with van der Waals surface area (Å²) in [5.41, 5.74) is 4.52. The van der Waals surface area contributed by atoms with Gasteiger partial charge in [-0.15, -0.1) is 0 Å². The molecule has 0 saturated heterocycles. The van der Waals surface area contributed by atoms with E-state index in [0.717, 1.165) is 53.7 Å². The second-order valence-electron chi connectivity index (χ2n) is 6.74. The average Bonchev–Trinajstić information content (AvgIpc) is 2.65. The van der Waals surface area contributed by atoms with Crippen LogP contribution in [-0.2, 0) is 12.8 Å². The first-order chi connectivity index (χ1) is 11.6. The van der Waals surface area contributed by atoms with Crippen LogP contribution in [0.5, 0.6) is 0 Å². The molecule has 0 N–H and O–H groups in total. The van der Waals surface area contributed by atoms with E-state index in [0.29, 0.717) is 6.04 Å². The fourth-order valence-electron chi connectivity index (χ4n) is 3.66. The van der Waals surface area contributed by atoms with Gasteiger partial charge in [0.05, 0.1) is 22.4 Å². The summed E-state index contributed by atoms with van der Waals surface area (Å²) in [4.78, 5) is 24.2. The molecule has 1 saturated carbocycles. The molecule has 3 rings (SSSR count). The van der Waals surface area contributed by atoms with Gasteiger partial charge in [0.15, 0.2) is 0 Å². The van der Waals surface area contributed by atoms with Gasteiger partial charge in [-0.05, 0) is 43.9 Å². The van der Waals surface area contributed by atoms with Gasteiger partial charge in [0, 0.05) is 18.7 Å². The first-order valence-corrected chi connectivity index (χ1v) is 9.20. The van der Waals surface area contributed by atoms with E-state index in [-0.39, 0.29) is 5.91 Å². The summed E-state index contributed by atoms with van der Waals surface area (Å²) in [6.07, 6.45) is 7.74. The van der Waals surface area contributed by atoms with Crippen LogP contribution in [0.1, 0.15) is 67.7 Å². The van der Waals surface area contributed by atoms with Crippen molar-refractivity contribution in [2.45, 2.75) is 64.8 Å². The van der Waals surface area contributed by atoms with Crippen LogP contribution in [-0.4, -0.2) is 33.9 Å². The van der Waals surface area contributed by atoms with Crippen molar-refractivity contribution in [3.05, 3.63) is 35.2 Å². The van der Waals surface area contributed by atoms with E-state index in [4.69, 9.17) is 9.97 Å². The molecule has 1 aromatic heterocycles. The highest BCUT2D eigenvalue weighted by molar-refractivity contribution is 5.97. The number of aryl methyl sites for hydroxylation is 2. The van der Waals surface area contributed by atoms with E-state index in [9.17, 15) is 4.79 Å². The fourth-order valence-corrected chi connectivity index (χ4v) is 3.66. The molecule has 24 heavy (non-hydrogen) atoms. The molecule has 0 atom stereocenters. The van der Waals surface area contributed by atoms with Gasteiger partial charge in [-0.25, -0.2) is 9.97 Å². The number of aromatic nitrogens is 2. The molecule has 1 aliphatic rings. The molecule has 0 unspecified atom stereocenters. The molecule has 128 valence electrons. The van der Waals surface area contributed by atoms with Crippen molar-refractivity contribution in [3.8, 4) is 0 Å². The third-order valence-corrected chi connectivity index (χ3v) is 5.18. The zero-order valence-corrected chi connectivity index (χ0v) is 15.0. The zero-order chi connectivity index (χ0) is 17.1. The van der Waals surface area contributed by atoms with E-state index in [1.807, 2.05) is 30.1 Å². The molecule has 1 fully saturated rings. The predicted molar refractivity (Wildman–Crippen MR) is 97.3 cm³/mol. The highest BCUT2D eigenvalue weighted by Crippen LogP contribution is 2.24. The molecular weight excluding hydrogens is 298 g/mol. The summed E-state index contributed by atoms with van der Waals surface area (Å²) in [7, 11) is 1.94. The number of carbonyl (C=O) groups excluding carboxylic acids is 1. The molecule has 1 amide bonds. The Labute approximate surface area is 144 Å². The maximum absolute atomic E-state index is 12.8. The molecule has 1 heterocycles. The summed E-state index contributed by atoms with van der Waals surface area (Å²) in [5.74, 6) is 0.100. The van der Waals surface area contributed by atoms with Crippen molar-refractivity contribution in [1.29, 1.82) is 0 Å². The number of hydrogen-bond donors (Lipinski definition) is 0. The van der Waals surface area contributed by atoms with Crippen LogP contribution in [0.3, 0.4) is 0 Å². The smallest absolute Gasteiger partial charge is 0.253 e. The van der Waals surface area contributed by atoms with E-state index in [1.54, 1.807) is 0 Å². The molecule has 0 bridgehead atoms. The second-order valence-corrected chi connectivity index (χ2v) is 6.74. The van der Waals surface area contributed by atoms with Crippen LogP contribution >= 0.6 is 0 Å². The second kappa shape index (κ2) is 7.29. The van der Waals surface area contributed by atoms with Crippen LogP contribution in [0.15, 0.2) is 18.2 Å². The Morgan fingerprint density at radius 3 is 2.29 bits per heavy atom. The number of carbonyl (C=O) groups is 1. The van der Waals surface area contributed by atoms with Crippen molar-refractivity contribution in [3.63, 3.8) is 0 Å². The third-order valence-electron chi connectivity index (χ3n) is 5.18. The molecule has 0 radical (unpaired) electrons.